The predicted octanol–water partition coefficient (Wildman–Crippen LogP) is 3.82. The lowest BCUT2D eigenvalue weighted by Crippen LogP contribution is -2.43. The van der Waals surface area contributed by atoms with Gasteiger partial charge in [0.15, 0.2) is 11.4 Å². The number of ether oxygens (including phenoxy) is 1. The van der Waals surface area contributed by atoms with E-state index >= 15 is 0 Å². The van der Waals surface area contributed by atoms with E-state index < -0.39 is 23.7 Å². The van der Waals surface area contributed by atoms with Crippen LogP contribution in [-0.2, 0) is 10.4 Å². The predicted molar refractivity (Wildman–Crippen MR) is 107 cm³/mol. The van der Waals surface area contributed by atoms with E-state index in [1.807, 2.05) is 0 Å². The molecule has 148 valence electrons. The van der Waals surface area contributed by atoms with Gasteiger partial charge in [-0.2, -0.15) is 0 Å². The second-order valence-electron chi connectivity index (χ2n) is 6.71. The van der Waals surface area contributed by atoms with Crippen molar-refractivity contribution in [3.63, 3.8) is 0 Å². The van der Waals surface area contributed by atoms with Gasteiger partial charge in [-0.1, -0.05) is 29.8 Å². The molecule has 0 aliphatic carbocycles. The van der Waals surface area contributed by atoms with Gasteiger partial charge in [0, 0.05) is 10.6 Å². The Balaban J connectivity index is 1.52. The van der Waals surface area contributed by atoms with E-state index in [-0.39, 0.29) is 18.9 Å². The third-order valence-corrected chi connectivity index (χ3v) is 5.10. The van der Waals surface area contributed by atoms with Gasteiger partial charge in [0.05, 0.1) is 24.9 Å². The first-order chi connectivity index (χ1) is 14.0. The Hall–Kier alpha value is -3.09. The summed E-state index contributed by atoms with van der Waals surface area (Å²) in [5, 5.41) is 11.8. The van der Waals surface area contributed by atoms with Crippen molar-refractivity contribution in [3.05, 3.63) is 83.3 Å². The molecule has 0 bridgehead atoms. The van der Waals surface area contributed by atoms with Crippen LogP contribution in [0.15, 0.2) is 71.3 Å². The molecule has 1 aliphatic rings. The minimum Gasteiger partial charge on any atom is -0.492 e. The molecule has 29 heavy (non-hydrogen) atoms. The van der Waals surface area contributed by atoms with Gasteiger partial charge in [0.25, 0.3) is 5.91 Å². The van der Waals surface area contributed by atoms with E-state index in [0.29, 0.717) is 22.0 Å². The van der Waals surface area contributed by atoms with Gasteiger partial charge >= 0.3 is 0 Å². The van der Waals surface area contributed by atoms with Crippen LogP contribution >= 0.6 is 11.6 Å². The smallest absolute Gasteiger partial charge is 0.264 e. The van der Waals surface area contributed by atoms with Gasteiger partial charge in [0.2, 0.25) is 5.78 Å². The molecule has 0 saturated heterocycles. The molecular weight excluding hydrogens is 394 g/mol. The summed E-state index contributed by atoms with van der Waals surface area (Å²) in [7, 11) is 0. The number of fused-ring (bicyclic) bond motifs is 1. The Morgan fingerprint density at radius 2 is 1.86 bits per heavy atom. The zero-order valence-electron chi connectivity index (χ0n) is 15.4. The Morgan fingerprint density at radius 1 is 1.10 bits per heavy atom. The van der Waals surface area contributed by atoms with Gasteiger partial charge in [-0.15, -0.1) is 0 Å². The average Bonchev–Trinajstić information content (AvgIpc) is 3.33. The number of amides is 1. The minimum atomic E-state index is -1.94. The normalized spacial score (nSPS) is 18.0. The van der Waals surface area contributed by atoms with Crippen molar-refractivity contribution in [1.82, 2.24) is 0 Å². The fourth-order valence-electron chi connectivity index (χ4n) is 3.44. The average molecular weight is 412 g/mol. The maximum Gasteiger partial charge on any atom is 0.264 e. The molecule has 2 aromatic carbocycles. The van der Waals surface area contributed by atoms with E-state index in [0.717, 1.165) is 0 Å². The van der Waals surface area contributed by atoms with Gasteiger partial charge < -0.3 is 19.2 Å². The van der Waals surface area contributed by atoms with Crippen molar-refractivity contribution >= 4 is 29.0 Å². The van der Waals surface area contributed by atoms with Gasteiger partial charge in [-0.3, -0.25) is 9.59 Å². The number of hydrogen-bond donors (Lipinski definition) is 1. The lowest BCUT2D eigenvalue weighted by atomic mass is 9.89. The molecule has 7 heteroatoms. The maximum atomic E-state index is 13.1. The van der Waals surface area contributed by atoms with Crippen LogP contribution in [0.3, 0.4) is 0 Å². The number of aliphatic hydroxyl groups is 1. The number of rotatable bonds is 7. The lowest BCUT2D eigenvalue weighted by molar-refractivity contribution is -0.136. The quantitative estimate of drug-likeness (QED) is 0.598. The molecule has 0 radical (unpaired) electrons. The molecule has 1 aromatic heterocycles. The van der Waals surface area contributed by atoms with Crippen LogP contribution in [0.4, 0.5) is 5.69 Å². The Labute approximate surface area is 172 Å². The lowest BCUT2D eigenvalue weighted by Gasteiger charge is -2.22. The largest absolute Gasteiger partial charge is 0.492 e. The highest BCUT2D eigenvalue weighted by molar-refractivity contribution is 6.30. The van der Waals surface area contributed by atoms with E-state index in [1.54, 1.807) is 54.6 Å². The van der Waals surface area contributed by atoms with E-state index in [2.05, 4.69) is 0 Å². The summed E-state index contributed by atoms with van der Waals surface area (Å²) in [5.74, 6) is -0.274. The molecule has 2 heterocycles. The number of halogens is 1. The number of Topliss-reactive ketones (excluding diaryl/α,β-unsaturated/α-hetero) is 1. The summed E-state index contributed by atoms with van der Waals surface area (Å²) in [5.41, 5.74) is -0.982. The topological polar surface area (TPSA) is 80.0 Å². The van der Waals surface area contributed by atoms with Crippen LogP contribution in [0, 0.1) is 0 Å². The number of carbonyl (C=O) groups is 2. The molecule has 6 nitrogen and oxygen atoms in total. The summed E-state index contributed by atoms with van der Waals surface area (Å²) in [6.07, 6.45) is 0.979. The molecule has 0 fully saturated rings. The molecule has 1 atom stereocenters. The summed E-state index contributed by atoms with van der Waals surface area (Å²) in [4.78, 5) is 27.0. The van der Waals surface area contributed by atoms with Crippen LogP contribution < -0.4 is 9.64 Å². The highest BCUT2D eigenvalue weighted by Gasteiger charge is 2.50. The molecule has 0 spiro atoms. The van der Waals surface area contributed by atoms with Gasteiger partial charge in [-0.25, -0.2) is 0 Å². The van der Waals surface area contributed by atoms with E-state index in [1.165, 1.54) is 17.2 Å². The van der Waals surface area contributed by atoms with Crippen LogP contribution in [0.2, 0.25) is 5.02 Å². The number of hydrogen-bond acceptors (Lipinski definition) is 5. The van der Waals surface area contributed by atoms with Crippen molar-refractivity contribution in [1.29, 1.82) is 0 Å². The van der Waals surface area contributed by atoms with Crippen molar-refractivity contribution < 1.29 is 23.8 Å². The summed E-state index contributed by atoms with van der Waals surface area (Å²) in [6, 6.07) is 16.9. The first-order valence-electron chi connectivity index (χ1n) is 9.08. The Morgan fingerprint density at radius 3 is 2.59 bits per heavy atom. The number of ketones is 1. The van der Waals surface area contributed by atoms with Crippen molar-refractivity contribution in [2.45, 2.75) is 12.0 Å². The zero-order valence-corrected chi connectivity index (χ0v) is 16.1. The van der Waals surface area contributed by atoms with Crippen molar-refractivity contribution in [3.8, 4) is 5.75 Å². The molecule has 1 unspecified atom stereocenters. The third-order valence-electron chi connectivity index (χ3n) is 4.85. The van der Waals surface area contributed by atoms with Gasteiger partial charge in [-0.05, 0) is 42.5 Å². The summed E-state index contributed by atoms with van der Waals surface area (Å²) < 4.78 is 10.8. The first-order valence-corrected chi connectivity index (χ1v) is 9.46. The fourth-order valence-corrected chi connectivity index (χ4v) is 3.57. The molecule has 3 aromatic rings. The molecule has 0 saturated carbocycles. The standard InChI is InChI=1S/C22H18ClNO5/c23-15-7-9-16(10-8-15)28-13-11-24-18-5-2-1-4-17(18)22(27,21(24)26)14-19(25)20-6-3-12-29-20/h1-10,12,27H,11,13-14H2. The highest BCUT2D eigenvalue weighted by atomic mass is 35.5. The van der Waals surface area contributed by atoms with Crippen LogP contribution in [0.5, 0.6) is 5.75 Å². The summed E-state index contributed by atoms with van der Waals surface area (Å²) in [6.45, 7) is 0.430. The fraction of sp³-hybridized carbons (Fsp3) is 0.182. The minimum absolute atomic E-state index is 0.105. The second kappa shape index (κ2) is 7.73. The van der Waals surface area contributed by atoms with E-state index in [9.17, 15) is 14.7 Å². The van der Waals surface area contributed by atoms with Gasteiger partial charge in [0.1, 0.15) is 12.4 Å². The van der Waals surface area contributed by atoms with Crippen LogP contribution in [-0.4, -0.2) is 29.9 Å². The van der Waals surface area contributed by atoms with Crippen molar-refractivity contribution in [2.24, 2.45) is 0 Å². The van der Waals surface area contributed by atoms with E-state index in [4.69, 9.17) is 20.8 Å². The van der Waals surface area contributed by atoms with Crippen LogP contribution in [0.1, 0.15) is 22.5 Å². The van der Waals surface area contributed by atoms with Crippen LogP contribution in [0.25, 0.3) is 0 Å². The molecular formula is C22H18ClNO5. The number of para-hydroxylation sites is 1. The number of carbonyl (C=O) groups excluding carboxylic acids is 2. The summed E-state index contributed by atoms with van der Waals surface area (Å²) >= 11 is 5.86. The maximum absolute atomic E-state index is 13.1. The molecule has 1 amide bonds. The number of anilines is 1. The Kier molecular flexibility index (Phi) is 5.13. The van der Waals surface area contributed by atoms with Crippen molar-refractivity contribution in [2.75, 3.05) is 18.1 Å². The SMILES string of the molecule is O=C(CC1(O)C(=O)N(CCOc2ccc(Cl)cc2)c2ccccc21)c1ccco1. The monoisotopic (exact) mass is 411 g/mol. The number of benzene rings is 2. The number of furan rings is 1. The molecule has 1 aliphatic heterocycles. The number of nitrogens with zero attached hydrogens (tertiary/aromatic N) is 1. The molecule has 1 N–H and O–H groups in total. The highest BCUT2D eigenvalue weighted by Crippen LogP contribution is 2.42. The first kappa shape index (κ1) is 19.2. The third kappa shape index (κ3) is 3.64. The zero-order chi connectivity index (χ0) is 20.4. The molecule has 4 rings (SSSR count). The Bertz CT molecular complexity index is 1030. The second-order valence-corrected chi connectivity index (χ2v) is 7.15.